The number of aryl methyl sites for hydroxylation is 2. The van der Waals surface area contributed by atoms with Crippen LogP contribution in [0.1, 0.15) is 49.0 Å². The van der Waals surface area contributed by atoms with Crippen molar-refractivity contribution in [3.63, 3.8) is 0 Å². The Hall–Kier alpha value is -2.53. The molecule has 1 aliphatic rings. The normalized spacial score (nSPS) is 13.4. The Labute approximate surface area is 155 Å². The Kier molecular flexibility index (Phi) is 4.55. The molecule has 2 aromatic heterocycles. The number of hydrogen-bond donors (Lipinski definition) is 0. The molecule has 2 heterocycles. The summed E-state index contributed by atoms with van der Waals surface area (Å²) in [6.07, 6.45) is 3.84. The van der Waals surface area contributed by atoms with Crippen LogP contribution in [0.25, 0.3) is 10.9 Å². The van der Waals surface area contributed by atoms with Crippen LogP contribution in [0.5, 0.6) is 0 Å². The van der Waals surface area contributed by atoms with E-state index in [4.69, 9.17) is 9.72 Å². The summed E-state index contributed by atoms with van der Waals surface area (Å²) in [4.78, 5) is 31.6. The average Bonchev–Trinajstić information content (AvgIpc) is 3.10. The van der Waals surface area contributed by atoms with E-state index in [2.05, 4.69) is 0 Å². The minimum atomic E-state index is -0.427. The maximum Gasteiger partial charge on any atom is 0.339 e. The molecule has 4 nitrogen and oxygen atoms in total. The predicted molar refractivity (Wildman–Crippen MR) is 102 cm³/mol. The molecular formula is C21H19NO3S. The van der Waals surface area contributed by atoms with Crippen LogP contribution in [0.2, 0.25) is 0 Å². The first-order valence-corrected chi connectivity index (χ1v) is 9.62. The van der Waals surface area contributed by atoms with E-state index in [9.17, 15) is 9.59 Å². The van der Waals surface area contributed by atoms with E-state index < -0.39 is 5.97 Å². The number of aromatic nitrogens is 1. The van der Waals surface area contributed by atoms with E-state index in [-0.39, 0.29) is 12.4 Å². The average molecular weight is 365 g/mol. The molecule has 0 N–H and O–H groups in total. The van der Waals surface area contributed by atoms with E-state index in [1.807, 2.05) is 37.3 Å². The fourth-order valence-corrected chi connectivity index (χ4v) is 4.26. The molecule has 0 amide bonds. The van der Waals surface area contributed by atoms with Gasteiger partial charge in [0.25, 0.3) is 0 Å². The summed E-state index contributed by atoms with van der Waals surface area (Å²) in [6, 6.07) is 11.3. The molecule has 1 aliphatic carbocycles. The molecule has 0 bridgehead atoms. The standard InChI is InChI=1S/C21H19NO3S/c1-13-10-11-19(26-13)18(23)12-25-21(24)20-14-6-2-4-8-16(14)22-17-9-5-3-7-15(17)20/h2,4,6,8,10-11H,3,5,7,9,12H2,1H3. The minimum absolute atomic E-state index is 0.163. The lowest BCUT2D eigenvalue weighted by Gasteiger charge is -2.19. The highest BCUT2D eigenvalue weighted by molar-refractivity contribution is 7.14. The molecule has 0 radical (unpaired) electrons. The maximum absolute atomic E-state index is 12.9. The second kappa shape index (κ2) is 7.00. The number of ketones is 1. The molecule has 1 aromatic carbocycles. The summed E-state index contributed by atoms with van der Waals surface area (Å²) < 4.78 is 5.42. The molecule has 5 heteroatoms. The van der Waals surface area contributed by atoms with Crippen LogP contribution in [0.15, 0.2) is 36.4 Å². The van der Waals surface area contributed by atoms with Gasteiger partial charge in [-0.25, -0.2) is 4.79 Å². The van der Waals surface area contributed by atoms with Crippen molar-refractivity contribution in [2.75, 3.05) is 6.61 Å². The smallest absolute Gasteiger partial charge is 0.339 e. The Morgan fingerprint density at radius 1 is 1.12 bits per heavy atom. The fraction of sp³-hybridized carbons (Fsp3) is 0.286. The molecule has 26 heavy (non-hydrogen) atoms. The zero-order valence-electron chi connectivity index (χ0n) is 14.6. The second-order valence-electron chi connectivity index (χ2n) is 6.55. The molecular weight excluding hydrogens is 346 g/mol. The Morgan fingerprint density at radius 3 is 2.73 bits per heavy atom. The lowest BCUT2D eigenvalue weighted by molar-refractivity contribution is 0.0476. The van der Waals surface area contributed by atoms with E-state index in [1.54, 1.807) is 6.07 Å². The fourth-order valence-electron chi connectivity index (χ4n) is 3.46. The second-order valence-corrected chi connectivity index (χ2v) is 7.83. The monoisotopic (exact) mass is 365 g/mol. The number of esters is 1. The summed E-state index contributed by atoms with van der Waals surface area (Å²) >= 11 is 1.42. The Bertz CT molecular complexity index is 1010. The number of carbonyl (C=O) groups excluding carboxylic acids is 2. The molecule has 3 aromatic rings. The zero-order valence-corrected chi connectivity index (χ0v) is 15.4. The predicted octanol–water partition coefficient (Wildman–Crippen LogP) is 4.52. The lowest BCUT2D eigenvalue weighted by atomic mass is 9.90. The number of carbonyl (C=O) groups is 2. The van der Waals surface area contributed by atoms with Gasteiger partial charge in [-0.1, -0.05) is 18.2 Å². The van der Waals surface area contributed by atoms with Crippen molar-refractivity contribution in [1.29, 1.82) is 0 Å². The summed E-state index contributed by atoms with van der Waals surface area (Å²) in [7, 11) is 0. The Morgan fingerprint density at radius 2 is 1.92 bits per heavy atom. The first-order chi connectivity index (χ1) is 12.6. The van der Waals surface area contributed by atoms with Gasteiger partial charge in [0.1, 0.15) is 0 Å². The Balaban J connectivity index is 1.65. The maximum atomic E-state index is 12.9. The molecule has 0 aliphatic heterocycles. The van der Waals surface area contributed by atoms with Crippen LogP contribution in [0, 0.1) is 6.92 Å². The molecule has 132 valence electrons. The van der Waals surface area contributed by atoms with Gasteiger partial charge in [-0.3, -0.25) is 9.78 Å². The number of hydrogen-bond acceptors (Lipinski definition) is 5. The van der Waals surface area contributed by atoms with Gasteiger partial charge in [0.2, 0.25) is 5.78 Å². The van der Waals surface area contributed by atoms with Crippen LogP contribution < -0.4 is 0 Å². The third kappa shape index (κ3) is 3.15. The van der Waals surface area contributed by atoms with Crippen LogP contribution >= 0.6 is 11.3 Å². The number of para-hydroxylation sites is 1. The van der Waals surface area contributed by atoms with Gasteiger partial charge in [-0.2, -0.15) is 0 Å². The van der Waals surface area contributed by atoms with E-state index in [1.165, 1.54) is 11.3 Å². The van der Waals surface area contributed by atoms with Gasteiger partial charge < -0.3 is 4.74 Å². The van der Waals surface area contributed by atoms with Crippen LogP contribution in [0.3, 0.4) is 0 Å². The van der Waals surface area contributed by atoms with E-state index in [0.717, 1.165) is 52.7 Å². The zero-order chi connectivity index (χ0) is 18.1. The molecule has 0 saturated carbocycles. The largest absolute Gasteiger partial charge is 0.454 e. The molecule has 0 saturated heterocycles. The first-order valence-electron chi connectivity index (χ1n) is 8.81. The highest BCUT2D eigenvalue weighted by atomic mass is 32.1. The molecule has 4 rings (SSSR count). The summed E-state index contributed by atoms with van der Waals surface area (Å²) in [5, 5.41) is 0.803. The third-order valence-electron chi connectivity index (χ3n) is 4.72. The van der Waals surface area contributed by atoms with Crippen molar-refractivity contribution in [3.05, 3.63) is 63.0 Å². The van der Waals surface area contributed by atoms with Crippen molar-refractivity contribution in [2.45, 2.75) is 32.6 Å². The summed E-state index contributed by atoms with van der Waals surface area (Å²) in [5.41, 5.74) is 3.36. The number of fused-ring (bicyclic) bond motifs is 2. The van der Waals surface area contributed by atoms with E-state index >= 15 is 0 Å². The number of thiophene rings is 1. The number of ether oxygens (including phenoxy) is 1. The molecule has 0 fully saturated rings. The lowest BCUT2D eigenvalue weighted by Crippen LogP contribution is -2.18. The van der Waals surface area contributed by atoms with Gasteiger partial charge in [0.05, 0.1) is 16.0 Å². The van der Waals surface area contributed by atoms with Gasteiger partial charge in [0.15, 0.2) is 6.61 Å². The number of rotatable bonds is 4. The first kappa shape index (κ1) is 16.9. The van der Waals surface area contributed by atoms with Crippen molar-refractivity contribution in [3.8, 4) is 0 Å². The van der Waals surface area contributed by atoms with Gasteiger partial charge >= 0.3 is 5.97 Å². The van der Waals surface area contributed by atoms with Crippen molar-refractivity contribution in [1.82, 2.24) is 4.98 Å². The summed E-state index contributed by atoms with van der Waals surface area (Å²) in [5.74, 6) is -0.591. The van der Waals surface area contributed by atoms with Crippen LogP contribution in [-0.4, -0.2) is 23.3 Å². The van der Waals surface area contributed by atoms with Crippen LogP contribution in [0.4, 0.5) is 0 Å². The summed E-state index contributed by atoms with van der Waals surface area (Å²) in [6.45, 7) is 1.72. The highest BCUT2D eigenvalue weighted by Crippen LogP contribution is 2.29. The van der Waals surface area contributed by atoms with Gasteiger partial charge in [-0.15, -0.1) is 11.3 Å². The van der Waals surface area contributed by atoms with Crippen molar-refractivity contribution < 1.29 is 14.3 Å². The van der Waals surface area contributed by atoms with Crippen LogP contribution in [-0.2, 0) is 17.6 Å². The number of Topliss-reactive ketones (excluding diaryl/α,β-unsaturated/α-hetero) is 1. The molecule has 0 atom stereocenters. The number of benzene rings is 1. The third-order valence-corrected chi connectivity index (χ3v) is 5.76. The van der Waals surface area contributed by atoms with E-state index in [0.29, 0.717) is 10.4 Å². The molecule has 0 spiro atoms. The van der Waals surface area contributed by atoms with Gasteiger partial charge in [-0.05, 0) is 56.4 Å². The number of nitrogens with zero attached hydrogens (tertiary/aromatic N) is 1. The highest BCUT2D eigenvalue weighted by Gasteiger charge is 2.24. The topological polar surface area (TPSA) is 56.3 Å². The quantitative estimate of drug-likeness (QED) is 0.504. The minimum Gasteiger partial charge on any atom is -0.454 e. The van der Waals surface area contributed by atoms with Crippen molar-refractivity contribution >= 4 is 34.0 Å². The van der Waals surface area contributed by atoms with Gasteiger partial charge in [0, 0.05) is 16.0 Å². The molecule has 0 unspecified atom stereocenters. The number of pyridine rings is 1. The van der Waals surface area contributed by atoms with Crippen molar-refractivity contribution in [2.24, 2.45) is 0 Å². The SMILES string of the molecule is Cc1ccc(C(=O)COC(=O)c2c3c(nc4ccccc24)CCCC3)s1.